The van der Waals surface area contributed by atoms with Gasteiger partial charge in [0.1, 0.15) is 17.5 Å². The first-order chi connectivity index (χ1) is 9.52. The third-order valence-corrected chi connectivity index (χ3v) is 2.52. The fourth-order valence-electron chi connectivity index (χ4n) is 1.56. The Hall–Kier alpha value is -2.62. The van der Waals surface area contributed by atoms with Gasteiger partial charge in [-0.3, -0.25) is 0 Å². The van der Waals surface area contributed by atoms with Crippen LogP contribution in [0.25, 0.3) is 0 Å². The van der Waals surface area contributed by atoms with E-state index in [2.05, 4.69) is 10.3 Å². The molecule has 1 aromatic heterocycles. The van der Waals surface area contributed by atoms with Crippen LogP contribution in [-0.2, 0) is 6.54 Å². The molecule has 102 valence electrons. The Morgan fingerprint density at radius 3 is 2.35 bits per heavy atom. The smallest absolute Gasteiger partial charge is 0.185 e. The van der Waals surface area contributed by atoms with Crippen LogP contribution in [-0.4, -0.2) is 4.98 Å². The molecule has 0 aliphatic rings. The summed E-state index contributed by atoms with van der Waals surface area (Å²) in [5.41, 5.74) is -0.284. The number of halogens is 4. The molecule has 0 spiro atoms. The maximum atomic E-state index is 13.4. The molecule has 0 aliphatic heterocycles. The van der Waals surface area contributed by atoms with E-state index in [1.165, 1.54) is 18.3 Å². The number of nitrogens with one attached hydrogen (secondary N) is 1. The van der Waals surface area contributed by atoms with Gasteiger partial charge in [0.25, 0.3) is 0 Å². The lowest BCUT2D eigenvalue weighted by Crippen LogP contribution is -2.07. The van der Waals surface area contributed by atoms with Crippen LogP contribution in [0.3, 0.4) is 0 Å². The van der Waals surface area contributed by atoms with Crippen LogP contribution in [0.1, 0.15) is 11.3 Å². The molecule has 0 saturated heterocycles. The number of rotatable bonds is 3. The number of hydrogen-bond donors (Lipinski definition) is 1. The summed E-state index contributed by atoms with van der Waals surface area (Å²) < 4.78 is 52.7. The molecule has 0 radical (unpaired) electrons. The quantitative estimate of drug-likeness (QED) is 0.694. The van der Waals surface area contributed by atoms with Gasteiger partial charge < -0.3 is 5.32 Å². The molecule has 1 N–H and O–H groups in total. The second-order valence-electron chi connectivity index (χ2n) is 3.86. The van der Waals surface area contributed by atoms with Crippen LogP contribution in [0, 0.1) is 34.6 Å². The first-order valence-electron chi connectivity index (χ1n) is 5.45. The van der Waals surface area contributed by atoms with Crippen LogP contribution in [0.15, 0.2) is 24.4 Å². The van der Waals surface area contributed by atoms with E-state index in [0.29, 0.717) is 5.56 Å². The molecule has 0 bridgehead atoms. The van der Waals surface area contributed by atoms with Gasteiger partial charge in [-0.25, -0.2) is 22.5 Å². The van der Waals surface area contributed by atoms with Crippen LogP contribution >= 0.6 is 0 Å². The molecule has 0 unspecified atom stereocenters. The van der Waals surface area contributed by atoms with Gasteiger partial charge in [-0.05, 0) is 17.7 Å². The van der Waals surface area contributed by atoms with E-state index < -0.39 is 29.0 Å². The minimum Gasteiger partial charge on any atom is -0.376 e. The third kappa shape index (κ3) is 2.69. The van der Waals surface area contributed by atoms with Crippen molar-refractivity contribution in [1.82, 2.24) is 4.98 Å². The van der Waals surface area contributed by atoms with E-state index >= 15 is 0 Å². The Morgan fingerprint density at radius 1 is 1.10 bits per heavy atom. The minimum absolute atomic E-state index is 0.117. The molecule has 7 heteroatoms. The molecule has 0 atom stereocenters. The fraction of sp³-hybridized carbons (Fsp3) is 0.0769. The predicted molar refractivity (Wildman–Crippen MR) is 62.6 cm³/mol. The maximum Gasteiger partial charge on any atom is 0.185 e. The first kappa shape index (κ1) is 13.8. The lowest BCUT2D eigenvalue weighted by Gasteiger charge is -2.10. The van der Waals surface area contributed by atoms with Gasteiger partial charge in [0.2, 0.25) is 0 Å². The second-order valence-corrected chi connectivity index (χ2v) is 3.86. The number of nitriles is 1. The average Bonchev–Trinajstić information content (AvgIpc) is 2.45. The Kier molecular flexibility index (Phi) is 3.84. The molecular weight excluding hydrogens is 274 g/mol. The van der Waals surface area contributed by atoms with Gasteiger partial charge in [-0.2, -0.15) is 5.26 Å². The molecule has 20 heavy (non-hydrogen) atoms. The number of anilines is 1. The number of nitrogens with zero attached hydrogens (tertiary/aromatic N) is 2. The molecule has 0 fully saturated rings. The number of benzene rings is 1. The molecular formula is C13H7F4N3. The van der Waals surface area contributed by atoms with Crippen molar-refractivity contribution in [3.8, 4) is 6.07 Å². The highest BCUT2D eigenvalue weighted by atomic mass is 19.2. The van der Waals surface area contributed by atoms with Crippen molar-refractivity contribution in [3.63, 3.8) is 0 Å². The maximum absolute atomic E-state index is 13.4. The van der Waals surface area contributed by atoms with Crippen molar-refractivity contribution in [2.75, 3.05) is 5.32 Å². The topological polar surface area (TPSA) is 48.7 Å². The summed E-state index contributed by atoms with van der Waals surface area (Å²) in [6.45, 7) is -0.117. The van der Waals surface area contributed by atoms with Crippen molar-refractivity contribution < 1.29 is 17.6 Å². The molecule has 3 nitrogen and oxygen atoms in total. The molecule has 1 heterocycles. The molecule has 0 saturated carbocycles. The highest BCUT2D eigenvalue weighted by Gasteiger charge is 2.18. The van der Waals surface area contributed by atoms with E-state index in [9.17, 15) is 17.6 Å². The van der Waals surface area contributed by atoms with Gasteiger partial charge in [0, 0.05) is 18.8 Å². The average molecular weight is 281 g/mol. The van der Waals surface area contributed by atoms with E-state index in [4.69, 9.17) is 5.26 Å². The van der Waals surface area contributed by atoms with Crippen LogP contribution in [0.4, 0.5) is 23.2 Å². The van der Waals surface area contributed by atoms with Gasteiger partial charge >= 0.3 is 0 Å². The van der Waals surface area contributed by atoms with E-state index in [1.807, 2.05) is 0 Å². The molecule has 2 rings (SSSR count). The number of hydrogen-bond acceptors (Lipinski definition) is 3. The minimum atomic E-state index is -1.50. The highest BCUT2D eigenvalue weighted by molar-refractivity contribution is 5.47. The molecule has 2 aromatic rings. The zero-order valence-electron chi connectivity index (χ0n) is 9.92. The SMILES string of the molecule is N#Cc1cc(CNc2c(F)c(F)cc(F)c2F)ccn1. The van der Waals surface area contributed by atoms with E-state index in [0.717, 1.165) is 0 Å². The largest absolute Gasteiger partial charge is 0.376 e. The standard InChI is InChI=1S/C13H7F4N3/c14-9-4-10(15)12(17)13(11(9)16)20-6-7-1-2-19-8(3-7)5-18/h1-4,20H,6H2. The Morgan fingerprint density at radius 2 is 1.75 bits per heavy atom. The molecule has 1 aromatic carbocycles. The summed E-state index contributed by atoms with van der Waals surface area (Å²) in [7, 11) is 0. The molecule has 0 amide bonds. The highest BCUT2D eigenvalue weighted by Crippen LogP contribution is 2.24. The second kappa shape index (κ2) is 5.57. The monoisotopic (exact) mass is 281 g/mol. The van der Waals surface area contributed by atoms with Crippen LogP contribution in [0.5, 0.6) is 0 Å². The van der Waals surface area contributed by atoms with Crippen molar-refractivity contribution in [3.05, 3.63) is 58.9 Å². The Bertz CT molecular complexity index is 668. The fourth-order valence-corrected chi connectivity index (χ4v) is 1.56. The summed E-state index contributed by atoms with van der Waals surface area (Å²) in [4.78, 5) is 3.72. The van der Waals surface area contributed by atoms with Crippen molar-refractivity contribution in [2.45, 2.75) is 6.54 Å². The number of pyridine rings is 1. The Balaban J connectivity index is 2.25. The van der Waals surface area contributed by atoms with Gasteiger partial charge in [0.05, 0.1) is 0 Å². The zero-order chi connectivity index (χ0) is 14.7. The first-order valence-corrected chi connectivity index (χ1v) is 5.45. The van der Waals surface area contributed by atoms with E-state index in [-0.39, 0.29) is 18.3 Å². The summed E-state index contributed by atoms with van der Waals surface area (Å²) in [6.07, 6.45) is 1.34. The van der Waals surface area contributed by atoms with Crippen molar-refractivity contribution in [2.24, 2.45) is 0 Å². The molecule has 0 aliphatic carbocycles. The lowest BCUT2D eigenvalue weighted by molar-refractivity contribution is 0.458. The van der Waals surface area contributed by atoms with Gasteiger partial charge in [-0.15, -0.1) is 0 Å². The summed E-state index contributed by atoms with van der Waals surface area (Å²) in [6, 6.07) is 4.82. The predicted octanol–water partition coefficient (Wildman–Crippen LogP) is 3.12. The third-order valence-electron chi connectivity index (χ3n) is 2.52. The van der Waals surface area contributed by atoms with Gasteiger partial charge in [-0.1, -0.05) is 0 Å². The Labute approximate surface area is 111 Å². The van der Waals surface area contributed by atoms with E-state index in [1.54, 1.807) is 6.07 Å². The van der Waals surface area contributed by atoms with Crippen LogP contribution in [0.2, 0.25) is 0 Å². The van der Waals surface area contributed by atoms with Crippen LogP contribution < -0.4 is 5.32 Å². The summed E-state index contributed by atoms with van der Waals surface area (Å²) >= 11 is 0. The number of aromatic nitrogens is 1. The summed E-state index contributed by atoms with van der Waals surface area (Å²) in [5, 5.41) is 10.9. The van der Waals surface area contributed by atoms with Crippen molar-refractivity contribution >= 4 is 5.69 Å². The van der Waals surface area contributed by atoms with Crippen molar-refractivity contribution in [1.29, 1.82) is 5.26 Å². The zero-order valence-corrected chi connectivity index (χ0v) is 9.92. The normalized spacial score (nSPS) is 10.2. The van der Waals surface area contributed by atoms with Gasteiger partial charge in [0.15, 0.2) is 23.3 Å². The summed E-state index contributed by atoms with van der Waals surface area (Å²) in [5.74, 6) is -5.98. The lowest BCUT2D eigenvalue weighted by atomic mass is 10.2.